The predicted molar refractivity (Wildman–Crippen MR) is 37.7 cm³/mol. The second-order valence-corrected chi connectivity index (χ2v) is 1.73. The molecule has 0 aromatic heterocycles. The lowest BCUT2D eigenvalue weighted by Gasteiger charge is -2.04. The van der Waals surface area contributed by atoms with Crippen LogP contribution >= 0.6 is 0 Å². The fraction of sp³-hybridized carbons (Fsp3) is 0.500. The van der Waals surface area contributed by atoms with E-state index in [1.165, 1.54) is 0 Å². The van der Waals surface area contributed by atoms with Crippen LogP contribution in [-0.4, -0.2) is 12.7 Å². The molecule has 0 aliphatic carbocycles. The molecule has 0 aromatic carbocycles. The highest BCUT2D eigenvalue weighted by Gasteiger charge is 1.95. The summed E-state index contributed by atoms with van der Waals surface area (Å²) < 4.78 is 5.05. The zero-order valence-electron chi connectivity index (χ0n) is 5.55. The van der Waals surface area contributed by atoms with Crippen LogP contribution in [0.15, 0.2) is 0 Å². The van der Waals surface area contributed by atoms with Crippen molar-refractivity contribution in [2.24, 2.45) is 0 Å². The summed E-state index contributed by atoms with van der Waals surface area (Å²) in [5.74, 6) is 4.85. The highest BCUT2D eigenvalue weighted by atomic mass is 16.5. The molecule has 1 nitrogen and oxygen atoms in total. The molecular formula is C8H10O. The van der Waals surface area contributed by atoms with E-state index in [0.29, 0.717) is 13.0 Å². The van der Waals surface area contributed by atoms with Crippen molar-refractivity contribution in [1.29, 1.82) is 0 Å². The largest absolute Gasteiger partial charge is 0.365 e. The molecule has 1 atom stereocenters. The van der Waals surface area contributed by atoms with Gasteiger partial charge in [0.1, 0.15) is 6.61 Å². The first-order valence-corrected chi connectivity index (χ1v) is 2.79. The maximum atomic E-state index is 5.05. The van der Waals surface area contributed by atoms with Crippen molar-refractivity contribution in [3.8, 4) is 24.7 Å². The van der Waals surface area contributed by atoms with E-state index in [1.54, 1.807) is 0 Å². The number of hydrogen-bond donors (Lipinski definition) is 0. The van der Waals surface area contributed by atoms with E-state index in [4.69, 9.17) is 17.6 Å². The Morgan fingerprint density at radius 1 is 1.44 bits per heavy atom. The third-order valence-electron chi connectivity index (χ3n) is 0.856. The molecule has 0 aliphatic heterocycles. The van der Waals surface area contributed by atoms with Crippen molar-refractivity contribution in [3.05, 3.63) is 0 Å². The Bertz CT molecular complexity index is 136. The lowest BCUT2D eigenvalue weighted by Crippen LogP contribution is -2.06. The van der Waals surface area contributed by atoms with Gasteiger partial charge < -0.3 is 4.74 Å². The van der Waals surface area contributed by atoms with Gasteiger partial charge in [0.2, 0.25) is 0 Å². The summed E-state index contributed by atoms with van der Waals surface area (Å²) in [6.45, 7) is 2.25. The zero-order chi connectivity index (χ0) is 7.11. The summed E-state index contributed by atoms with van der Waals surface area (Å²) in [4.78, 5) is 0. The van der Waals surface area contributed by atoms with E-state index in [-0.39, 0.29) is 6.10 Å². The van der Waals surface area contributed by atoms with Crippen molar-refractivity contribution in [2.75, 3.05) is 6.61 Å². The van der Waals surface area contributed by atoms with Gasteiger partial charge in [0, 0.05) is 6.42 Å². The van der Waals surface area contributed by atoms with E-state index < -0.39 is 0 Å². The second kappa shape index (κ2) is 5.22. The first kappa shape index (κ1) is 8.08. The van der Waals surface area contributed by atoms with Gasteiger partial charge in [-0.2, -0.15) is 0 Å². The molecule has 0 spiro atoms. The van der Waals surface area contributed by atoms with Crippen LogP contribution in [0.25, 0.3) is 0 Å². The molecule has 9 heavy (non-hydrogen) atoms. The minimum absolute atomic E-state index is 0.0889. The predicted octanol–water partition coefficient (Wildman–Crippen LogP) is 1.05. The van der Waals surface area contributed by atoms with Crippen molar-refractivity contribution in [1.82, 2.24) is 0 Å². The SMILES string of the molecule is C#CCOC(C)CC#C. The standard InChI is InChI=1S/C8H10O/c1-4-6-8(3)9-7-5-2/h1-2,8H,6-7H2,3H3. The van der Waals surface area contributed by atoms with Gasteiger partial charge in [-0.25, -0.2) is 0 Å². The molecule has 0 N–H and O–H groups in total. The molecule has 1 unspecified atom stereocenters. The fourth-order valence-corrected chi connectivity index (χ4v) is 0.415. The summed E-state index contributed by atoms with van der Waals surface area (Å²) in [5, 5.41) is 0. The van der Waals surface area contributed by atoms with E-state index in [9.17, 15) is 0 Å². The molecular weight excluding hydrogens is 112 g/mol. The number of rotatable bonds is 3. The van der Waals surface area contributed by atoms with E-state index in [2.05, 4.69) is 11.8 Å². The first-order valence-electron chi connectivity index (χ1n) is 2.79. The monoisotopic (exact) mass is 122 g/mol. The molecule has 0 aliphatic rings. The van der Waals surface area contributed by atoms with Crippen LogP contribution in [0.5, 0.6) is 0 Å². The highest BCUT2D eigenvalue weighted by molar-refractivity contribution is 4.88. The zero-order valence-corrected chi connectivity index (χ0v) is 5.55. The molecule has 0 amide bonds. The van der Waals surface area contributed by atoms with E-state index >= 15 is 0 Å². The van der Waals surface area contributed by atoms with Crippen LogP contribution < -0.4 is 0 Å². The van der Waals surface area contributed by atoms with Gasteiger partial charge in [0.05, 0.1) is 6.10 Å². The molecule has 1 heteroatoms. The molecule has 0 saturated heterocycles. The average molecular weight is 122 g/mol. The molecule has 0 radical (unpaired) electrons. The summed E-state index contributed by atoms with van der Waals surface area (Å²) in [6.07, 6.45) is 10.7. The topological polar surface area (TPSA) is 9.23 Å². The molecule has 0 saturated carbocycles. The van der Waals surface area contributed by atoms with Crippen LogP contribution in [0, 0.1) is 24.7 Å². The Labute approximate surface area is 56.4 Å². The van der Waals surface area contributed by atoms with Crippen molar-refractivity contribution >= 4 is 0 Å². The van der Waals surface area contributed by atoms with E-state index in [0.717, 1.165) is 0 Å². The average Bonchev–Trinajstić information content (AvgIpc) is 1.85. The summed E-state index contributed by atoms with van der Waals surface area (Å²) in [6, 6.07) is 0. The van der Waals surface area contributed by atoms with Crippen LogP contribution in [0.4, 0.5) is 0 Å². The Morgan fingerprint density at radius 3 is 2.56 bits per heavy atom. The van der Waals surface area contributed by atoms with Crippen molar-refractivity contribution < 1.29 is 4.74 Å². The molecule has 0 aromatic rings. The quantitative estimate of drug-likeness (QED) is 0.508. The Kier molecular flexibility index (Phi) is 4.69. The minimum Gasteiger partial charge on any atom is -0.365 e. The lowest BCUT2D eigenvalue weighted by molar-refractivity contribution is 0.0963. The highest BCUT2D eigenvalue weighted by Crippen LogP contribution is 1.93. The minimum atomic E-state index is 0.0889. The van der Waals surface area contributed by atoms with Gasteiger partial charge in [-0.1, -0.05) is 5.92 Å². The lowest BCUT2D eigenvalue weighted by atomic mass is 10.3. The maximum absolute atomic E-state index is 5.05. The third kappa shape index (κ3) is 4.94. The Hall–Kier alpha value is -0.920. The Balaban J connectivity index is 3.21. The molecule has 0 rings (SSSR count). The van der Waals surface area contributed by atoms with Crippen LogP contribution in [0.2, 0.25) is 0 Å². The summed E-state index contributed by atoms with van der Waals surface area (Å²) in [7, 11) is 0. The van der Waals surface area contributed by atoms with Gasteiger partial charge in [-0.15, -0.1) is 18.8 Å². The van der Waals surface area contributed by atoms with Gasteiger partial charge in [0.25, 0.3) is 0 Å². The van der Waals surface area contributed by atoms with Crippen LogP contribution in [0.1, 0.15) is 13.3 Å². The number of terminal acetylenes is 2. The molecule has 48 valence electrons. The van der Waals surface area contributed by atoms with Gasteiger partial charge in [0.15, 0.2) is 0 Å². The molecule has 0 bridgehead atoms. The first-order chi connectivity index (χ1) is 4.31. The number of hydrogen-bond acceptors (Lipinski definition) is 1. The summed E-state index contributed by atoms with van der Waals surface area (Å²) >= 11 is 0. The van der Waals surface area contributed by atoms with Crippen LogP contribution in [-0.2, 0) is 4.74 Å². The van der Waals surface area contributed by atoms with Crippen LogP contribution in [0.3, 0.4) is 0 Å². The van der Waals surface area contributed by atoms with Gasteiger partial charge in [-0.3, -0.25) is 0 Å². The molecule has 0 fully saturated rings. The normalized spacial score (nSPS) is 11.4. The third-order valence-corrected chi connectivity index (χ3v) is 0.856. The number of ether oxygens (including phenoxy) is 1. The van der Waals surface area contributed by atoms with Gasteiger partial charge >= 0.3 is 0 Å². The fourth-order valence-electron chi connectivity index (χ4n) is 0.415. The van der Waals surface area contributed by atoms with Crippen molar-refractivity contribution in [2.45, 2.75) is 19.4 Å². The van der Waals surface area contributed by atoms with Crippen molar-refractivity contribution in [3.63, 3.8) is 0 Å². The van der Waals surface area contributed by atoms with E-state index in [1.807, 2.05) is 6.92 Å². The Morgan fingerprint density at radius 2 is 2.11 bits per heavy atom. The second-order valence-electron chi connectivity index (χ2n) is 1.73. The smallest absolute Gasteiger partial charge is 0.107 e. The van der Waals surface area contributed by atoms with Gasteiger partial charge in [-0.05, 0) is 6.92 Å². The summed E-state index contributed by atoms with van der Waals surface area (Å²) in [5.41, 5.74) is 0. The maximum Gasteiger partial charge on any atom is 0.107 e. The molecule has 0 heterocycles.